The van der Waals surface area contributed by atoms with Crippen LogP contribution in [0.4, 0.5) is 0 Å². The minimum Gasteiger partial charge on any atom is -0.350 e. The Labute approximate surface area is 125 Å². The first-order valence-corrected chi connectivity index (χ1v) is 8.01. The Balaban J connectivity index is 1.50. The van der Waals surface area contributed by atoms with Crippen LogP contribution >= 0.6 is 0 Å². The molecule has 116 valence electrons. The number of nitrogens with one attached hydrogen (secondary N) is 3. The number of carbonyl (C=O) groups is 1. The summed E-state index contributed by atoms with van der Waals surface area (Å²) < 4.78 is 0. The summed E-state index contributed by atoms with van der Waals surface area (Å²) >= 11 is 0. The molecule has 2 aliphatic heterocycles. The van der Waals surface area contributed by atoms with Crippen LogP contribution in [0.5, 0.6) is 0 Å². The van der Waals surface area contributed by atoms with E-state index in [2.05, 4.69) is 32.7 Å². The summed E-state index contributed by atoms with van der Waals surface area (Å²) in [7, 11) is 0. The van der Waals surface area contributed by atoms with Gasteiger partial charge in [0.1, 0.15) is 0 Å². The standard InChI is InChI=1S/C15H25N5O/c1-11(10-20-6-2-3-7-20)8-17-15(21)14-12-9-16-5-4-13(12)18-19-14/h11,16H,2-10H2,1H3,(H,17,21)(H,18,19). The minimum atomic E-state index is -0.0514. The fourth-order valence-corrected chi connectivity index (χ4v) is 3.23. The fraction of sp³-hybridized carbons (Fsp3) is 0.733. The Bertz CT molecular complexity index is 492. The third kappa shape index (κ3) is 3.44. The summed E-state index contributed by atoms with van der Waals surface area (Å²) in [5.74, 6) is 0.421. The van der Waals surface area contributed by atoms with Crippen molar-refractivity contribution in [3.63, 3.8) is 0 Å². The van der Waals surface area contributed by atoms with E-state index in [1.165, 1.54) is 25.9 Å². The third-order valence-corrected chi connectivity index (χ3v) is 4.40. The quantitative estimate of drug-likeness (QED) is 0.739. The Morgan fingerprint density at radius 1 is 1.43 bits per heavy atom. The van der Waals surface area contributed by atoms with Crippen molar-refractivity contribution < 1.29 is 4.79 Å². The van der Waals surface area contributed by atoms with Gasteiger partial charge in [0, 0.05) is 43.9 Å². The molecule has 0 aromatic carbocycles. The molecule has 0 spiro atoms. The zero-order valence-electron chi connectivity index (χ0n) is 12.7. The van der Waals surface area contributed by atoms with E-state index >= 15 is 0 Å². The molecule has 2 aliphatic rings. The predicted molar refractivity (Wildman–Crippen MR) is 81.2 cm³/mol. The molecule has 1 atom stereocenters. The summed E-state index contributed by atoms with van der Waals surface area (Å²) in [6.45, 7) is 8.07. The van der Waals surface area contributed by atoms with Crippen LogP contribution in [-0.4, -0.2) is 53.7 Å². The van der Waals surface area contributed by atoms with Gasteiger partial charge in [-0.05, 0) is 31.8 Å². The second kappa shape index (κ2) is 6.58. The number of likely N-dealkylation sites (tertiary alicyclic amines) is 1. The largest absolute Gasteiger partial charge is 0.350 e. The number of aromatic nitrogens is 2. The SMILES string of the molecule is CC(CNC(=O)c1n[nH]c2c1CNCC2)CN1CCCC1. The number of fused-ring (bicyclic) bond motifs is 1. The number of rotatable bonds is 5. The van der Waals surface area contributed by atoms with E-state index < -0.39 is 0 Å². The Hall–Kier alpha value is -1.40. The van der Waals surface area contributed by atoms with Gasteiger partial charge in [-0.15, -0.1) is 0 Å². The van der Waals surface area contributed by atoms with Gasteiger partial charge < -0.3 is 15.5 Å². The molecule has 0 aliphatic carbocycles. The number of aromatic amines is 1. The van der Waals surface area contributed by atoms with Crippen LogP contribution in [-0.2, 0) is 13.0 Å². The lowest BCUT2D eigenvalue weighted by atomic mass is 10.1. The summed E-state index contributed by atoms with van der Waals surface area (Å²) in [5.41, 5.74) is 2.69. The fourth-order valence-electron chi connectivity index (χ4n) is 3.23. The van der Waals surface area contributed by atoms with Crippen LogP contribution in [0, 0.1) is 5.92 Å². The lowest BCUT2D eigenvalue weighted by Gasteiger charge is -2.20. The molecule has 3 N–H and O–H groups in total. The molecule has 6 nitrogen and oxygen atoms in total. The van der Waals surface area contributed by atoms with Gasteiger partial charge in [-0.3, -0.25) is 9.89 Å². The molecule has 1 saturated heterocycles. The average Bonchev–Trinajstić information content (AvgIpc) is 3.13. The van der Waals surface area contributed by atoms with Crippen LogP contribution in [0.2, 0.25) is 0 Å². The maximum Gasteiger partial charge on any atom is 0.272 e. The first kappa shape index (κ1) is 14.5. The van der Waals surface area contributed by atoms with E-state index in [9.17, 15) is 4.79 Å². The van der Waals surface area contributed by atoms with Crippen molar-refractivity contribution in [1.29, 1.82) is 0 Å². The van der Waals surface area contributed by atoms with Gasteiger partial charge in [0.25, 0.3) is 5.91 Å². The van der Waals surface area contributed by atoms with E-state index in [0.29, 0.717) is 18.2 Å². The minimum absolute atomic E-state index is 0.0514. The lowest BCUT2D eigenvalue weighted by molar-refractivity contribution is 0.0939. The van der Waals surface area contributed by atoms with E-state index in [0.717, 1.165) is 37.3 Å². The molecular formula is C15H25N5O. The smallest absolute Gasteiger partial charge is 0.272 e. The molecule has 0 bridgehead atoms. The molecule has 1 amide bonds. The van der Waals surface area contributed by atoms with Crippen molar-refractivity contribution in [2.24, 2.45) is 5.92 Å². The van der Waals surface area contributed by atoms with Gasteiger partial charge in [-0.2, -0.15) is 5.10 Å². The van der Waals surface area contributed by atoms with Crippen LogP contribution in [0.25, 0.3) is 0 Å². The molecule has 1 aromatic rings. The highest BCUT2D eigenvalue weighted by Crippen LogP contribution is 2.15. The molecule has 21 heavy (non-hydrogen) atoms. The topological polar surface area (TPSA) is 73.0 Å². The van der Waals surface area contributed by atoms with E-state index in [1.807, 2.05) is 0 Å². The molecule has 1 unspecified atom stereocenters. The van der Waals surface area contributed by atoms with Crippen LogP contribution in [0.1, 0.15) is 41.5 Å². The number of hydrogen-bond acceptors (Lipinski definition) is 4. The highest BCUT2D eigenvalue weighted by atomic mass is 16.1. The van der Waals surface area contributed by atoms with Gasteiger partial charge in [0.15, 0.2) is 5.69 Å². The molecule has 1 fully saturated rings. The Morgan fingerprint density at radius 3 is 3.05 bits per heavy atom. The van der Waals surface area contributed by atoms with Crippen LogP contribution in [0.15, 0.2) is 0 Å². The second-order valence-corrected chi connectivity index (χ2v) is 6.28. The summed E-state index contributed by atoms with van der Waals surface area (Å²) in [5, 5.41) is 13.5. The van der Waals surface area contributed by atoms with Crippen molar-refractivity contribution in [3.8, 4) is 0 Å². The van der Waals surface area contributed by atoms with Gasteiger partial charge >= 0.3 is 0 Å². The Kier molecular flexibility index (Phi) is 4.55. The zero-order chi connectivity index (χ0) is 14.7. The molecule has 3 heterocycles. The average molecular weight is 291 g/mol. The lowest BCUT2D eigenvalue weighted by Crippen LogP contribution is -2.35. The van der Waals surface area contributed by atoms with E-state index in [4.69, 9.17) is 0 Å². The molecule has 6 heteroatoms. The van der Waals surface area contributed by atoms with Gasteiger partial charge in [-0.1, -0.05) is 6.92 Å². The molecule has 1 aromatic heterocycles. The first-order chi connectivity index (χ1) is 10.2. The number of hydrogen-bond donors (Lipinski definition) is 3. The molecule has 3 rings (SSSR count). The van der Waals surface area contributed by atoms with E-state index in [-0.39, 0.29) is 5.91 Å². The van der Waals surface area contributed by atoms with Crippen molar-refractivity contribution in [1.82, 2.24) is 25.7 Å². The molecule has 0 saturated carbocycles. The number of amides is 1. The van der Waals surface area contributed by atoms with Crippen LogP contribution < -0.4 is 10.6 Å². The van der Waals surface area contributed by atoms with Crippen molar-refractivity contribution >= 4 is 5.91 Å². The Morgan fingerprint density at radius 2 is 2.24 bits per heavy atom. The monoisotopic (exact) mass is 291 g/mol. The molecular weight excluding hydrogens is 266 g/mol. The van der Waals surface area contributed by atoms with E-state index in [1.54, 1.807) is 0 Å². The number of nitrogens with zero attached hydrogens (tertiary/aromatic N) is 2. The third-order valence-electron chi connectivity index (χ3n) is 4.40. The van der Waals surface area contributed by atoms with Gasteiger partial charge in [0.2, 0.25) is 0 Å². The molecule has 0 radical (unpaired) electrons. The van der Waals surface area contributed by atoms with Crippen molar-refractivity contribution in [2.45, 2.75) is 32.7 Å². The number of carbonyl (C=O) groups excluding carboxylic acids is 1. The summed E-state index contributed by atoms with van der Waals surface area (Å²) in [6.07, 6.45) is 3.54. The highest BCUT2D eigenvalue weighted by molar-refractivity contribution is 5.94. The predicted octanol–water partition coefficient (Wildman–Crippen LogP) is 0.517. The summed E-state index contributed by atoms with van der Waals surface area (Å²) in [6, 6.07) is 0. The summed E-state index contributed by atoms with van der Waals surface area (Å²) in [4.78, 5) is 14.8. The second-order valence-electron chi connectivity index (χ2n) is 6.28. The van der Waals surface area contributed by atoms with Crippen LogP contribution in [0.3, 0.4) is 0 Å². The first-order valence-electron chi connectivity index (χ1n) is 8.01. The zero-order valence-corrected chi connectivity index (χ0v) is 12.7. The normalized spacial score (nSPS) is 20.2. The maximum absolute atomic E-state index is 12.3. The van der Waals surface area contributed by atoms with Crippen molar-refractivity contribution in [2.75, 3.05) is 32.7 Å². The van der Waals surface area contributed by atoms with Gasteiger partial charge in [-0.25, -0.2) is 0 Å². The maximum atomic E-state index is 12.3. The van der Waals surface area contributed by atoms with Gasteiger partial charge in [0.05, 0.1) is 0 Å². The number of H-pyrrole nitrogens is 1. The van der Waals surface area contributed by atoms with Crippen molar-refractivity contribution in [3.05, 3.63) is 17.0 Å². The highest BCUT2D eigenvalue weighted by Gasteiger charge is 2.22.